The molecular weight excluding hydrogens is 385 g/mol. The van der Waals surface area contributed by atoms with Gasteiger partial charge in [0.1, 0.15) is 17.1 Å². The smallest absolute Gasteiger partial charge is 0.264 e. The Hall–Kier alpha value is -1.84. The highest BCUT2D eigenvalue weighted by atomic mass is 35.5. The first-order valence-corrected chi connectivity index (χ1v) is 8.81. The van der Waals surface area contributed by atoms with Crippen LogP contribution in [-0.4, -0.2) is 29.6 Å². The van der Waals surface area contributed by atoms with Crippen molar-refractivity contribution < 1.29 is 17.2 Å². The summed E-state index contributed by atoms with van der Waals surface area (Å²) in [5, 5.41) is 4.32. The zero-order valence-corrected chi connectivity index (χ0v) is 14.1. The number of halogens is 4. The molecule has 0 aliphatic rings. The van der Waals surface area contributed by atoms with Gasteiger partial charge in [0, 0.05) is 22.1 Å². The highest BCUT2D eigenvalue weighted by molar-refractivity contribution is 7.93. The van der Waals surface area contributed by atoms with Crippen molar-refractivity contribution in [3.8, 4) is 0 Å². The summed E-state index contributed by atoms with van der Waals surface area (Å²) in [7, 11) is -4.00. The van der Waals surface area contributed by atoms with E-state index in [1.54, 1.807) is 18.2 Å². The predicted octanol–water partition coefficient (Wildman–Crippen LogP) is 3.74. The van der Waals surface area contributed by atoms with Crippen LogP contribution in [-0.2, 0) is 16.6 Å². The predicted molar refractivity (Wildman–Crippen MR) is 87.4 cm³/mol. The summed E-state index contributed by atoms with van der Waals surface area (Å²) in [6, 6.07) is 4.71. The van der Waals surface area contributed by atoms with Gasteiger partial charge < -0.3 is 4.98 Å². The van der Waals surface area contributed by atoms with Gasteiger partial charge in [0.25, 0.3) is 16.4 Å². The average Bonchev–Trinajstić information content (AvgIpc) is 3.05. The molecule has 0 saturated carbocycles. The maximum absolute atomic E-state index is 12.5. The molecule has 0 radical (unpaired) electrons. The van der Waals surface area contributed by atoms with Crippen LogP contribution in [0.2, 0.25) is 10.2 Å². The van der Waals surface area contributed by atoms with E-state index in [9.17, 15) is 17.2 Å². The fraction of sp³-hybridized carbons (Fsp3) is 0.154. The van der Waals surface area contributed by atoms with Gasteiger partial charge in [0.2, 0.25) is 0 Å². The Kier molecular flexibility index (Phi) is 4.41. The van der Waals surface area contributed by atoms with Crippen molar-refractivity contribution in [1.29, 1.82) is 0 Å². The van der Waals surface area contributed by atoms with Crippen molar-refractivity contribution in [3.05, 3.63) is 40.8 Å². The van der Waals surface area contributed by atoms with Crippen LogP contribution in [0.3, 0.4) is 0 Å². The number of hydrogen-bond donors (Lipinski definition) is 2. The summed E-state index contributed by atoms with van der Waals surface area (Å²) in [6.45, 7) is -0.730. The third kappa shape index (κ3) is 3.19. The molecule has 6 nitrogen and oxygen atoms in total. The molecule has 2 aromatic heterocycles. The Balaban J connectivity index is 1.95. The van der Waals surface area contributed by atoms with E-state index >= 15 is 0 Å². The number of alkyl halides is 2. The number of rotatable bonds is 5. The maximum Gasteiger partial charge on any atom is 0.264 e. The summed E-state index contributed by atoms with van der Waals surface area (Å²) in [6.07, 6.45) is -0.278. The minimum atomic E-state index is -4.00. The van der Waals surface area contributed by atoms with Gasteiger partial charge in [-0.1, -0.05) is 23.2 Å². The summed E-state index contributed by atoms with van der Waals surface area (Å²) < 4.78 is 53.0. The van der Waals surface area contributed by atoms with Gasteiger partial charge in [-0.3, -0.25) is 4.72 Å². The highest BCUT2D eigenvalue weighted by Crippen LogP contribution is 2.29. The molecule has 0 bridgehead atoms. The van der Waals surface area contributed by atoms with Crippen molar-refractivity contribution in [2.75, 3.05) is 4.72 Å². The van der Waals surface area contributed by atoms with E-state index in [4.69, 9.17) is 23.2 Å². The SMILES string of the molecule is O=S(=O)(Nc1cnn(CC(F)F)c1Cl)c1c[nH]c2cc(Cl)ccc12. The van der Waals surface area contributed by atoms with E-state index < -0.39 is 23.0 Å². The number of anilines is 1. The summed E-state index contributed by atoms with van der Waals surface area (Å²) in [5.74, 6) is 0. The van der Waals surface area contributed by atoms with Crippen molar-refractivity contribution in [2.45, 2.75) is 17.9 Å². The van der Waals surface area contributed by atoms with Crippen LogP contribution in [0.15, 0.2) is 35.5 Å². The molecule has 0 aliphatic heterocycles. The van der Waals surface area contributed by atoms with E-state index in [0.717, 1.165) is 10.9 Å². The number of fused-ring (bicyclic) bond motifs is 1. The fourth-order valence-corrected chi connectivity index (χ4v) is 3.86. The van der Waals surface area contributed by atoms with E-state index in [1.165, 1.54) is 6.20 Å². The molecule has 3 rings (SSSR count). The van der Waals surface area contributed by atoms with Crippen molar-refractivity contribution in [3.63, 3.8) is 0 Å². The average molecular weight is 395 g/mol. The van der Waals surface area contributed by atoms with E-state index in [1.807, 2.05) is 0 Å². The number of aromatic amines is 1. The van der Waals surface area contributed by atoms with E-state index in [-0.39, 0.29) is 15.7 Å². The van der Waals surface area contributed by atoms with Gasteiger partial charge in [0.05, 0.1) is 6.20 Å². The first-order valence-electron chi connectivity index (χ1n) is 6.57. The Labute approximate surface area is 145 Å². The zero-order valence-electron chi connectivity index (χ0n) is 11.8. The molecule has 2 N–H and O–H groups in total. The van der Waals surface area contributed by atoms with Gasteiger partial charge in [-0.15, -0.1) is 0 Å². The molecule has 1 aromatic carbocycles. The van der Waals surface area contributed by atoms with Gasteiger partial charge in [-0.2, -0.15) is 5.10 Å². The number of benzene rings is 1. The standard InChI is InChI=1S/C13H10Cl2F2N4O2S/c14-7-1-2-8-9(3-7)18-5-11(8)24(22,23)20-10-4-19-21(13(10)15)6-12(16)17/h1-5,12,18,20H,6H2. The topological polar surface area (TPSA) is 79.8 Å². The van der Waals surface area contributed by atoms with E-state index in [2.05, 4.69) is 14.8 Å². The van der Waals surface area contributed by atoms with Crippen LogP contribution in [0.4, 0.5) is 14.5 Å². The highest BCUT2D eigenvalue weighted by Gasteiger charge is 2.22. The van der Waals surface area contributed by atoms with Crippen molar-refractivity contribution >= 4 is 49.8 Å². The van der Waals surface area contributed by atoms with Crippen LogP contribution in [0, 0.1) is 0 Å². The van der Waals surface area contributed by atoms with E-state index in [0.29, 0.717) is 15.9 Å². The zero-order chi connectivity index (χ0) is 17.5. The number of aromatic nitrogens is 3. The van der Waals surface area contributed by atoms with Gasteiger partial charge in [-0.25, -0.2) is 21.9 Å². The van der Waals surface area contributed by atoms with Crippen LogP contribution in [0.1, 0.15) is 0 Å². The Morgan fingerprint density at radius 3 is 2.79 bits per heavy atom. The molecule has 0 amide bonds. The molecule has 0 aliphatic carbocycles. The number of H-pyrrole nitrogens is 1. The van der Waals surface area contributed by atoms with Crippen LogP contribution < -0.4 is 4.72 Å². The lowest BCUT2D eigenvalue weighted by Gasteiger charge is -2.06. The third-order valence-electron chi connectivity index (χ3n) is 3.23. The van der Waals surface area contributed by atoms with Gasteiger partial charge >= 0.3 is 0 Å². The summed E-state index contributed by atoms with van der Waals surface area (Å²) in [4.78, 5) is 2.79. The van der Waals surface area contributed by atoms with Crippen LogP contribution in [0.5, 0.6) is 0 Å². The Morgan fingerprint density at radius 1 is 1.33 bits per heavy atom. The molecule has 11 heteroatoms. The fourth-order valence-electron chi connectivity index (χ4n) is 2.19. The monoisotopic (exact) mass is 394 g/mol. The minimum absolute atomic E-state index is 0.0214. The number of sulfonamides is 1. The molecule has 0 fully saturated rings. The molecule has 3 aromatic rings. The normalized spacial score (nSPS) is 12.2. The second kappa shape index (κ2) is 6.23. The molecule has 0 atom stereocenters. The molecule has 128 valence electrons. The second-order valence-electron chi connectivity index (χ2n) is 4.87. The third-order valence-corrected chi connectivity index (χ3v) is 5.26. The maximum atomic E-state index is 12.5. The number of nitrogens with one attached hydrogen (secondary N) is 2. The van der Waals surface area contributed by atoms with Crippen LogP contribution >= 0.6 is 23.2 Å². The number of hydrogen-bond acceptors (Lipinski definition) is 3. The Morgan fingerprint density at radius 2 is 2.08 bits per heavy atom. The first-order chi connectivity index (χ1) is 11.3. The van der Waals surface area contributed by atoms with Crippen LogP contribution in [0.25, 0.3) is 10.9 Å². The van der Waals surface area contributed by atoms with Gasteiger partial charge in [-0.05, 0) is 18.2 Å². The molecule has 0 saturated heterocycles. The number of nitrogens with zero attached hydrogens (tertiary/aromatic N) is 2. The lowest BCUT2D eigenvalue weighted by Crippen LogP contribution is -2.13. The molecule has 0 unspecified atom stereocenters. The molecule has 0 spiro atoms. The molecule has 24 heavy (non-hydrogen) atoms. The lowest BCUT2D eigenvalue weighted by molar-refractivity contribution is 0.122. The minimum Gasteiger partial charge on any atom is -0.360 e. The summed E-state index contributed by atoms with van der Waals surface area (Å²) in [5.41, 5.74) is 0.461. The first kappa shape index (κ1) is 17.0. The summed E-state index contributed by atoms with van der Waals surface area (Å²) >= 11 is 11.8. The quantitative estimate of drug-likeness (QED) is 0.691. The lowest BCUT2D eigenvalue weighted by atomic mass is 10.2. The molecular formula is C13H10Cl2F2N4O2S. The van der Waals surface area contributed by atoms with Crippen molar-refractivity contribution in [2.24, 2.45) is 0 Å². The Bertz CT molecular complexity index is 1000. The van der Waals surface area contributed by atoms with Crippen molar-refractivity contribution in [1.82, 2.24) is 14.8 Å². The van der Waals surface area contributed by atoms with Gasteiger partial charge in [0.15, 0.2) is 5.15 Å². The second-order valence-corrected chi connectivity index (χ2v) is 7.32. The molecule has 2 heterocycles. The largest absolute Gasteiger partial charge is 0.360 e.